The highest BCUT2D eigenvalue weighted by Gasteiger charge is 2.17. The quantitative estimate of drug-likeness (QED) is 0.491. The molecule has 4 rings (SSSR count). The summed E-state index contributed by atoms with van der Waals surface area (Å²) in [5.41, 5.74) is 2.80. The van der Waals surface area contributed by atoms with E-state index >= 15 is 0 Å². The van der Waals surface area contributed by atoms with Gasteiger partial charge in [0.2, 0.25) is 0 Å². The minimum atomic E-state index is -0.194. The van der Waals surface area contributed by atoms with Crippen LogP contribution >= 0.6 is 0 Å². The molecule has 0 bridgehead atoms. The monoisotopic (exact) mass is 401 g/mol. The summed E-state index contributed by atoms with van der Waals surface area (Å²) in [7, 11) is 3.47. The van der Waals surface area contributed by atoms with Crippen molar-refractivity contribution < 1.29 is 9.32 Å². The Morgan fingerprint density at radius 2 is 1.80 bits per heavy atom. The van der Waals surface area contributed by atoms with E-state index in [0.717, 1.165) is 34.3 Å². The summed E-state index contributed by atoms with van der Waals surface area (Å²) in [6.45, 7) is 0.545. The summed E-state index contributed by atoms with van der Waals surface area (Å²) >= 11 is 0. The number of carbonyl (C=O) groups excluding carboxylic acids is 1. The third kappa shape index (κ3) is 3.89. The molecular formula is C24H23N3O3. The number of hydrogen-bond donors (Lipinski definition) is 0. The van der Waals surface area contributed by atoms with Crippen LogP contribution in [0.25, 0.3) is 22.2 Å². The van der Waals surface area contributed by atoms with Gasteiger partial charge in [-0.2, -0.15) is 0 Å². The standard InChI is InChI=1S/C24H23N3O3/c1-26(14-8-11-18-15-21(25-30-18)17-9-4-3-5-10-17)24(29)20-16-23(28)27(2)22-13-7-6-12-19(20)22/h3-7,9-10,12-13,15-16H,8,11,14H2,1-2H3. The number of para-hydroxylation sites is 1. The Bertz CT molecular complexity index is 1240. The van der Waals surface area contributed by atoms with Crippen LogP contribution in [0.5, 0.6) is 0 Å². The molecule has 4 aromatic rings. The van der Waals surface area contributed by atoms with E-state index < -0.39 is 0 Å². The first-order chi connectivity index (χ1) is 14.5. The van der Waals surface area contributed by atoms with Crippen molar-refractivity contribution in [2.24, 2.45) is 7.05 Å². The minimum Gasteiger partial charge on any atom is -0.361 e. The fourth-order valence-electron chi connectivity index (χ4n) is 3.56. The molecule has 0 saturated carbocycles. The second kappa shape index (κ2) is 8.37. The van der Waals surface area contributed by atoms with Crippen LogP contribution in [0, 0.1) is 0 Å². The molecule has 0 fully saturated rings. The third-order valence-electron chi connectivity index (χ3n) is 5.28. The molecule has 0 aliphatic carbocycles. The van der Waals surface area contributed by atoms with Gasteiger partial charge < -0.3 is 14.0 Å². The zero-order valence-electron chi connectivity index (χ0n) is 17.0. The Morgan fingerprint density at radius 1 is 1.07 bits per heavy atom. The topological polar surface area (TPSA) is 68.3 Å². The van der Waals surface area contributed by atoms with Crippen LogP contribution in [0.1, 0.15) is 22.5 Å². The number of fused-ring (bicyclic) bond motifs is 1. The van der Waals surface area contributed by atoms with Gasteiger partial charge in [0.15, 0.2) is 0 Å². The highest BCUT2D eigenvalue weighted by molar-refractivity contribution is 6.06. The molecule has 2 aromatic heterocycles. The molecule has 0 unspecified atom stereocenters. The highest BCUT2D eigenvalue weighted by Crippen LogP contribution is 2.20. The summed E-state index contributed by atoms with van der Waals surface area (Å²) in [6.07, 6.45) is 1.41. The lowest BCUT2D eigenvalue weighted by molar-refractivity contribution is 0.0794. The molecule has 0 radical (unpaired) electrons. The van der Waals surface area contributed by atoms with Gasteiger partial charge in [-0.25, -0.2) is 0 Å². The van der Waals surface area contributed by atoms with Crippen molar-refractivity contribution in [3.8, 4) is 11.3 Å². The van der Waals surface area contributed by atoms with E-state index in [1.807, 2.05) is 60.7 Å². The number of pyridine rings is 1. The van der Waals surface area contributed by atoms with Gasteiger partial charge in [-0.15, -0.1) is 0 Å². The lowest BCUT2D eigenvalue weighted by Gasteiger charge is -2.18. The zero-order valence-corrected chi connectivity index (χ0v) is 17.0. The van der Waals surface area contributed by atoms with Gasteiger partial charge in [-0.05, 0) is 12.5 Å². The average Bonchev–Trinajstić information content (AvgIpc) is 3.25. The minimum absolute atomic E-state index is 0.161. The van der Waals surface area contributed by atoms with Gasteiger partial charge in [0.25, 0.3) is 11.5 Å². The zero-order chi connectivity index (χ0) is 21.1. The molecule has 2 heterocycles. The number of benzene rings is 2. The number of nitrogens with zero attached hydrogens (tertiary/aromatic N) is 3. The van der Waals surface area contributed by atoms with Crippen LogP contribution < -0.4 is 5.56 Å². The molecule has 0 spiro atoms. The van der Waals surface area contributed by atoms with E-state index in [9.17, 15) is 9.59 Å². The molecule has 6 heteroatoms. The number of aromatic nitrogens is 2. The van der Waals surface area contributed by atoms with Crippen molar-refractivity contribution in [2.45, 2.75) is 12.8 Å². The van der Waals surface area contributed by atoms with Gasteiger partial charge in [0.1, 0.15) is 11.5 Å². The van der Waals surface area contributed by atoms with Gasteiger partial charge >= 0.3 is 0 Å². The molecular weight excluding hydrogens is 378 g/mol. The van der Waals surface area contributed by atoms with E-state index in [2.05, 4.69) is 5.16 Å². The summed E-state index contributed by atoms with van der Waals surface area (Å²) in [5, 5.41) is 4.90. The van der Waals surface area contributed by atoms with Crippen LogP contribution in [-0.2, 0) is 13.5 Å². The summed E-state index contributed by atoms with van der Waals surface area (Å²) in [6, 6.07) is 20.7. The fraction of sp³-hybridized carbons (Fsp3) is 0.208. The maximum Gasteiger partial charge on any atom is 0.254 e. The Hall–Kier alpha value is -3.67. The van der Waals surface area contributed by atoms with Crippen molar-refractivity contribution in [2.75, 3.05) is 13.6 Å². The Morgan fingerprint density at radius 3 is 2.60 bits per heavy atom. The van der Waals surface area contributed by atoms with E-state index in [-0.39, 0.29) is 11.5 Å². The van der Waals surface area contributed by atoms with Crippen molar-refractivity contribution in [1.82, 2.24) is 14.6 Å². The lowest BCUT2D eigenvalue weighted by atomic mass is 10.1. The Kier molecular flexibility index (Phi) is 5.48. The van der Waals surface area contributed by atoms with E-state index in [4.69, 9.17) is 4.52 Å². The predicted molar refractivity (Wildman–Crippen MR) is 116 cm³/mol. The van der Waals surface area contributed by atoms with Gasteiger partial charge in [0.05, 0.1) is 11.1 Å². The summed E-state index contributed by atoms with van der Waals surface area (Å²) in [4.78, 5) is 26.9. The van der Waals surface area contributed by atoms with Crippen LogP contribution in [0.3, 0.4) is 0 Å². The first kappa shape index (κ1) is 19.6. The fourth-order valence-corrected chi connectivity index (χ4v) is 3.56. The summed E-state index contributed by atoms with van der Waals surface area (Å²) < 4.78 is 6.99. The number of hydrogen-bond acceptors (Lipinski definition) is 4. The maximum atomic E-state index is 13.0. The molecule has 0 N–H and O–H groups in total. The molecule has 6 nitrogen and oxygen atoms in total. The SMILES string of the molecule is CN(CCCc1cc(-c2ccccc2)no1)C(=O)c1cc(=O)n(C)c2ccccc12. The van der Waals surface area contributed by atoms with Crippen molar-refractivity contribution in [3.63, 3.8) is 0 Å². The second-order valence-electron chi connectivity index (χ2n) is 7.35. The maximum absolute atomic E-state index is 13.0. The molecule has 0 atom stereocenters. The van der Waals surface area contributed by atoms with Gasteiger partial charge in [-0.3, -0.25) is 9.59 Å². The molecule has 0 saturated heterocycles. The Labute approximate surface area is 174 Å². The summed E-state index contributed by atoms with van der Waals surface area (Å²) in [5.74, 6) is 0.625. The van der Waals surface area contributed by atoms with Crippen LogP contribution in [-0.4, -0.2) is 34.1 Å². The molecule has 152 valence electrons. The van der Waals surface area contributed by atoms with E-state index in [1.165, 1.54) is 6.07 Å². The van der Waals surface area contributed by atoms with Crippen LogP contribution in [0.2, 0.25) is 0 Å². The lowest BCUT2D eigenvalue weighted by Crippen LogP contribution is -2.30. The van der Waals surface area contributed by atoms with Crippen LogP contribution in [0.15, 0.2) is 76.0 Å². The third-order valence-corrected chi connectivity index (χ3v) is 5.28. The predicted octanol–water partition coefficient (Wildman–Crippen LogP) is 3.90. The number of carbonyl (C=O) groups is 1. The second-order valence-corrected chi connectivity index (χ2v) is 7.35. The first-order valence-corrected chi connectivity index (χ1v) is 9.90. The van der Waals surface area contributed by atoms with E-state index in [1.54, 1.807) is 23.6 Å². The normalized spacial score (nSPS) is 11.0. The highest BCUT2D eigenvalue weighted by atomic mass is 16.5. The molecule has 30 heavy (non-hydrogen) atoms. The van der Waals surface area contributed by atoms with E-state index in [0.29, 0.717) is 18.5 Å². The van der Waals surface area contributed by atoms with Crippen molar-refractivity contribution in [1.29, 1.82) is 0 Å². The number of amides is 1. The smallest absolute Gasteiger partial charge is 0.254 e. The molecule has 2 aromatic carbocycles. The van der Waals surface area contributed by atoms with Crippen LogP contribution in [0.4, 0.5) is 0 Å². The Balaban J connectivity index is 1.43. The molecule has 1 amide bonds. The molecule has 0 aliphatic heterocycles. The van der Waals surface area contributed by atoms with Gasteiger partial charge in [-0.1, -0.05) is 53.7 Å². The molecule has 0 aliphatic rings. The number of rotatable bonds is 6. The van der Waals surface area contributed by atoms with Crippen molar-refractivity contribution in [3.05, 3.63) is 88.4 Å². The van der Waals surface area contributed by atoms with Crippen molar-refractivity contribution >= 4 is 16.8 Å². The first-order valence-electron chi connectivity index (χ1n) is 9.90. The largest absolute Gasteiger partial charge is 0.361 e. The van der Waals surface area contributed by atoms with Gasteiger partial charge in [0, 0.05) is 50.1 Å². The average molecular weight is 401 g/mol. The number of aryl methyl sites for hydroxylation is 2.